The molecule has 94 valence electrons. The number of nitrogen functional groups attached to an aromatic ring is 1. The molecule has 0 amide bonds. The molecule has 0 fully saturated rings. The summed E-state index contributed by atoms with van der Waals surface area (Å²) >= 11 is 1.68. The SMILES string of the molecule is CCOc1nc(SCc2ccccc2)ccc1N. The minimum atomic E-state index is 0.524. The monoisotopic (exact) mass is 260 g/mol. The van der Waals surface area contributed by atoms with Gasteiger partial charge in [-0.1, -0.05) is 30.3 Å². The van der Waals surface area contributed by atoms with E-state index >= 15 is 0 Å². The second kappa shape index (κ2) is 6.31. The van der Waals surface area contributed by atoms with Crippen LogP contribution in [-0.2, 0) is 5.75 Å². The molecular weight excluding hydrogens is 244 g/mol. The molecule has 2 aromatic rings. The van der Waals surface area contributed by atoms with E-state index in [4.69, 9.17) is 10.5 Å². The van der Waals surface area contributed by atoms with Crippen molar-refractivity contribution in [3.05, 3.63) is 48.0 Å². The number of hydrogen-bond donors (Lipinski definition) is 1. The molecule has 2 rings (SSSR count). The first-order chi connectivity index (χ1) is 8.79. The van der Waals surface area contributed by atoms with Gasteiger partial charge in [0.2, 0.25) is 5.88 Å². The lowest BCUT2D eigenvalue weighted by Gasteiger charge is -2.07. The lowest BCUT2D eigenvalue weighted by molar-refractivity contribution is 0.326. The van der Waals surface area contributed by atoms with Gasteiger partial charge < -0.3 is 10.5 Å². The maximum Gasteiger partial charge on any atom is 0.238 e. The third-order valence-corrected chi connectivity index (χ3v) is 3.38. The van der Waals surface area contributed by atoms with Gasteiger partial charge in [0.1, 0.15) is 5.03 Å². The molecule has 1 aromatic carbocycles. The molecule has 0 aliphatic rings. The highest BCUT2D eigenvalue weighted by Gasteiger charge is 2.04. The van der Waals surface area contributed by atoms with E-state index in [2.05, 4.69) is 17.1 Å². The summed E-state index contributed by atoms with van der Waals surface area (Å²) in [7, 11) is 0. The summed E-state index contributed by atoms with van der Waals surface area (Å²) in [6, 6.07) is 14.1. The molecule has 0 saturated carbocycles. The lowest BCUT2D eigenvalue weighted by Crippen LogP contribution is -1.99. The van der Waals surface area contributed by atoms with Crippen molar-refractivity contribution in [1.82, 2.24) is 4.98 Å². The van der Waals surface area contributed by atoms with E-state index in [1.54, 1.807) is 11.8 Å². The maximum absolute atomic E-state index is 5.79. The first-order valence-electron chi connectivity index (χ1n) is 5.85. The van der Waals surface area contributed by atoms with Crippen molar-refractivity contribution in [1.29, 1.82) is 0 Å². The number of rotatable bonds is 5. The van der Waals surface area contributed by atoms with Crippen LogP contribution < -0.4 is 10.5 Å². The Morgan fingerprint density at radius 3 is 2.67 bits per heavy atom. The molecule has 0 aliphatic carbocycles. The molecule has 1 aromatic heterocycles. The minimum Gasteiger partial charge on any atom is -0.476 e. The number of aromatic nitrogens is 1. The maximum atomic E-state index is 5.79. The molecule has 0 bridgehead atoms. The van der Waals surface area contributed by atoms with E-state index in [1.807, 2.05) is 37.3 Å². The molecular formula is C14H16N2OS. The summed E-state index contributed by atoms with van der Waals surface area (Å²) in [6.45, 7) is 2.49. The van der Waals surface area contributed by atoms with Crippen LogP contribution in [-0.4, -0.2) is 11.6 Å². The van der Waals surface area contributed by atoms with Crippen LogP contribution in [0.15, 0.2) is 47.5 Å². The topological polar surface area (TPSA) is 48.1 Å². The van der Waals surface area contributed by atoms with Gasteiger partial charge in [-0.15, -0.1) is 11.8 Å². The Kier molecular flexibility index (Phi) is 4.47. The molecule has 0 radical (unpaired) electrons. The van der Waals surface area contributed by atoms with Crippen molar-refractivity contribution in [3.63, 3.8) is 0 Å². The Labute approximate surface area is 111 Å². The average Bonchev–Trinajstić information content (AvgIpc) is 2.41. The first kappa shape index (κ1) is 12.8. The third kappa shape index (κ3) is 3.40. The van der Waals surface area contributed by atoms with Crippen LogP contribution in [0.25, 0.3) is 0 Å². The van der Waals surface area contributed by atoms with Gasteiger partial charge >= 0.3 is 0 Å². The Morgan fingerprint density at radius 2 is 1.94 bits per heavy atom. The van der Waals surface area contributed by atoms with Gasteiger partial charge in [0, 0.05) is 5.75 Å². The Balaban J connectivity index is 2.03. The molecule has 0 atom stereocenters. The van der Waals surface area contributed by atoms with E-state index in [9.17, 15) is 0 Å². The zero-order valence-electron chi connectivity index (χ0n) is 10.3. The molecule has 18 heavy (non-hydrogen) atoms. The number of nitrogens with two attached hydrogens (primary N) is 1. The van der Waals surface area contributed by atoms with Gasteiger partial charge in [0.15, 0.2) is 0 Å². The molecule has 3 nitrogen and oxygen atoms in total. The van der Waals surface area contributed by atoms with Crippen LogP contribution in [0.2, 0.25) is 0 Å². The fraction of sp³-hybridized carbons (Fsp3) is 0.214. The van der Waals surface area contributed by atoms with Gasteiger partial charge in [-0.05, 0) is 24.6 Å². The van der Waals surface area contributed by atoms with Crippen LogP contribution in [0, 0.1) is 0 Å². The molecule has 0 spiro atoms. The Morgan fingerprint density at radius 1 is 1.17 bits per heavy atom. The van der Waals surface area contributed by atoms with Crippen molar-refractivity contribution < 1.29 is 4.74 Å². The predicted molar refractivity (Wildman–Crippen MR) is 75.8 cm³/mol. The number of benzene rings is 1. The second-order valence-corrected chi connectivity index (χ2v) is 4.75. The smallest absolute Gasteiger partial charge is 0.238 e. The van der Waals surface area contributed by atoms with Crippen molar-refractivity contribution >= 4 is 17.4 Å². The molecule has 0 aliphatic heterocycles. The summed E-state index contributed by atoms with van der Waals surface area (Å²) in [4.78, 5) is 4.39. The van der Waals surface area contributed by atoms with Crippen LogP contribution in [0.3, 0.4) is 0 Å². The number of nitrogens with zero attached hydrogens (tertiary/aromatic N) is 1. The van der Waals surface area contributed by atoms with Gasteiger partial charge in [-0.25, -0.2) is 4.98 Å². The van der Waals surface area contributed by atoms with Gasteiger partial charge in [0.05, 0.1) is 12.3 Å². The van der Waals surface area contributed by atoms with Crippen LogP contribution in [0.1, 0.15) is 12.5 Å². The molecule has 1 heterocycles. The van der Waals surface area contributed by atoms with E-state index in [0.29, 0.717) is 18.2 Å². The Bertz CT molecular complexity index is 502. The number of hydrogen-bond acceptors (Lipinski definition) is 4. The highest BCUT2D eigenvalue weighted by atomic mass is 32.2. The number of anilines is 1. The standard InChI is InChI=1S/C14H16N2OS/c1-2-17-14-12(15)8-9-13(16-14)18-10-11-6-4-3-5-7-11/h3-9H,2,10,15H2,1H3. The third-order valence-electron chi connectivity index (χ3n) is 2.37. The van der Waals surface area contributed by atoms with E-state index < -0.39 is 0 Å². The normalized spacial score (nSPS) is 10.3. The largest absolute Gasteiger partial charge is 0.476 e. The number of ether oxygens (including phenoxy) is 1. The van der Waals surface area contributed by atoms with Crippen LogP contribution >= 0.6 is 11.8 Å². The summed E-state index contributed by atoms with van der Waals surface area (Å²) in [5.74, 6) is 1.42. The fourth-order valence-electron chi connectivity index (χ4n) is 1.50. The van der Waals surface area contributed by atoms with Gasteiger partial charge in [-0.3, -0.25) is 0 Å². The summed E-state index contributed by atoms with van der Waals surface area (Å²) in [5, 5.41) is 0.927. The highest BCUT2D eigenvalue weighted by Crippen LogP contribution is 2.26. The number of thioether (sulfide) groups is 1. The van der Waals surface area contributed by atoms with E-state index in [-0.39, 0.29) is 0 Å². The fourth-order valence-corrected chi connectivity index (χ4v) is 2.32. The van der Waals surface area contributed by atoms with Crippen molar-refractivity contribution in [2.24, 2.45) is 0 Å². The first-order valence-corrected chi connectivity index (χ1v) is 6.84. The van der Waals surface area contributed by atoms with E-state index in [1.165, 1.54) is 5.56 Å². The summed E-state index contributed by atoms with van der Waals surface area (Å²) < 4.78 is 5.38. The summed E-state index contributed by atoms with van der Waals surface area (Å²) in [5.41, 5.74) is 7.65. The lowest BCUT2D eigenvalue weighted by atomic mass is 10.2. The molecule has 2 N–H and O–H groups in total. The predicted octanol–water partition coefficient (Wildman–Crippen LogP) is 3.35. The van der Waals surface area contributed by atoms with Gasteiger partial charge in [0.25, 0.3) is 0 Å². The minimum absolute atomic E-state index is 0.524. The molecule has 4 heteroatoms. The second-order valence-electron chi connectivity index (χ2n) is 3.75. The quantitative estimate of drug-likeness (QED) is 0.837. The molecule has 0 unspecified atom stereocenters. The number of pyridine rings is 1. The van der Waals surface area contributed by atoms with Crippen LogP contribution in [0.5, 0.6) is 5.88 Å². The highest BCUT2D eigenvalue weighted by molar-refractivity contribution is 7.98. The van der Waals surface area contributed by atoms with Crippen LogP contribution in [0.4, 0.5) is 5.69 Å². The zero-order chi connectivity index (χ0) is 12.8. The van der Waals surface area contributed by atoms with Crippen molar-refractivity contribution in [3.8, 4) is 5.88 Å². The van der Waals surface area contributed by atoms with Gasteiger partial charge in [-0.2, -0.15) is 0 Å². The zero-order valence-corrected chi connectivity index (χ0v) is 11.1. The summed E-state index contributed by atoms with van der Waals surface area (Å²) in [6.07, 6.45) is 0. The van der Waals surface area contributed by atoms with Crippen molar-refractivity contribution in [2.75, 3.05) is 12.3 Å². The Hall–Kier alpha value is -1.68. The van der Waals surface area contributed by atoms with Crippen molar-refractivity contribution in [2.45, 2.75) is 17.7 Å². The molecule has 0 saturated heterocycles. The van der Waals surface area contributed by atoms with E-state index in [0.717, 1.165) is 10.8 Å². The average molecular weight is 260 g/mol.